The van der Waals surface area contributed by atoms with E-state index in [9.17, 15) is 0 Å². The van der Waals surface area contributed by atoms with Crippen LogP contribution in [-0.4, -0.2) is 47.3 Å². The Balaban J connectivity index is 1.81. The lowest BCUT2D eigenvalue weighted by Crippen LogP contribution is -2.37. The molecular weight excluding hydrogens is 274 g/mol. The fraction of sp³-hybridized carbons (Fsp3) is 0.533. The summed E-state index contributed by atoms with van der Waals surface area (Å²) in [4.78, 5) is 6.78. The van der Waals surface area contributed by atoms with Crippen molar-refractivity contribution in [3.05, 3.63) is 28.7 Å². The molecule has 3 rings (SSSR count). The van der Waals surface area contributed by atoms with Gasteiger partial charge in [0.1, 0.15) is 5.15 Å². The molecule has 0 aromatic carbocycles. The first-order valence-electron chi connectivity index (χ1n) is 7.06. The smallest absolute Gasteiger partial charge is 0.138 e. The van der Waals surface area contributed by atoms with Crippen LogP contribution in [0, 0.1) is 6.92 Å². The molecule has 1 aliphatic rings. The number of nitrogens with zero attached hydrogens (tertiary/aromatic N) is 3. The number of fused-ring (bicyclic) bond motifs is 1. The van der Waals surface area contributed by atoms with Crippen LogP contribution in [0.15, 0.2) is 12.1 Å². The van der Waals surface area contributed by atoms with Crippen LogP contribution in [0.4, 0.5) is 0 Å². The van der Waals surface area contributed by atoms with Gasteiger partial charge in [-0.1, -0.05) is 11.6 Å². The Bertz CT molecular complexity index is 617. The molecule has 0 N–H and O–H groups in total. The Morgan fingerprint density at radius 2 is 2.05 bits per heavy atom. The normalized spacial score (nSPS) is 16.9. The highest BCUT2D eigenvalue weighted by Gasteiger charge is 2.13. The van der Waals surface area contributed by atoms with Crippen LogP contribution in [0.2, 0.25) is 5.15 Å². The lowest BCUT2D eigenvalue weighted by Gasteiger charge is -2.26. The fourth-order valence-corrected chi connectivity index (χ4v) is 3.08. The molecule has 2 aromatic heterocycles. The molecule has 108 valence electrons. The van der Waals surface area contributed by atoms with Gasteiger partial charge in [0.15, 0.2) is 0 Å². The largest absolute Gasteiger partial charge is 0.379 e. The first-order valence-corrected chi connectivity index (χ1v) is 7.44. The van der Waals surface area contributed by atoms with Crippen LogP contribution in [0.3, 0.4) is 0 Å². The number of aryl methyl sites for hydroxylation is 2. The molecule has 1 fully saturated rings. The van der Waals surface area contributed by atoms with Crippen molar-refractivity contribution in [1.29, 1.82) is 0 Å². The highest BCUT2D eigenvalue weighted by Crippen LogP contribution is 2.26. The highest BCUT2D eigenvalue weighted by atomic mass is 35.5. The molecule has 3 heterocycles. The summed E-state index contributed by atoms with van der Waals surface area (Å²) < 4.78 is 7.61. The van der Waals surface area contributed by atoms with E-state index in [2.05, 4.69) is 33.6 Å². The molecule has 0 unspecified atom stereocenters. The lowest BCUT2D eigenvalue weighted by atomic mass is 10.2. The van der Waals surface area contributed by atoms with Crippen molar-refractivity contribution in [2.75, 3.05) is 32.8 Å². The summed E-state index contributed by atoms with van der Waals surface area (Å²) in [7, 11) is 2.10. The molecule has 0 amide bonds. The van der Waals surface area contributed by atoms with E-state index in [1.54, 1.807) is 0 Å². The van der Waals surface area contributed by atoms with Gasteiger partial charge in [-0.3, -0.25) is 4.90 Å². The lowest BCUT2D eigenvalue weighted by molar-refractivity contribution is 0.0383. The SMILES string of the molecule is Cc1cc2c(cc(CCN3CCOCC3)n2C)c(Cl)n1. The van der Waals surface area contributed by atoms with E-state index in [1.165, 1.54) is 11.2 Å². The number of ether oxygens (including phenoxy) is 1. The summed E-state index contributed by atoms with van der Waals surface area (Å²) in [6, 6.07) is 4.27. The van der Waals surface area contributed by atoms with Gasteiger partial charge in [-0.2, -0.15) is 0 Å². The van der Waals surface area contributed by atoms with Crippen molar-refractivity contribution in [2.45, 2.75) is 13.3 Å². The third-order valence-corrected chi connectivity index (χ3v) is 4.30. The minimum absolute atomic E-state index is 0.605. The molecule has 1 saturated heterocycles. The quantitative estimate of drug-likeness (QED) is 0.814. The molecule has 4 nitrogen and oxygen atoms in total. The summed E-state index contributed by atoms with van der Waals surface area (Å²) in [6.07, 6.45) is 1.03. The number of pyridine rings is 1. The van der Waals surface area contributed by atoms with Gasteiger partial charge in [0.2, 0.25) is 0 Å². The van der Waals surface area contributed by atoms with Gasteiger partial charge in [0, 0.05) is 49.9 Å². The topological polar surface area (TPSA) is 30.3 Å². The van der Waals surface area contributed by atoms with E-state index in [0.29, 0.717) is 5.15 Å². The average Bonchev–Trinajstić information content (AvgIpc) is 2.75. The number of morpholine rings is 1. The Morgan fingerprint density at radius 1 is 1.30 bits per heavy atom. The summed E-state index contributed by atoms with van der Waals surface area (Å²) >= 11 is 6.25. The van der Waals surface area contributed by atoms with E-state index in [0.717, 1.165) is 50.3 Å². The average molecular weight is 294 g/mol. The first kappa shape index (κ1) is 13.9. The maximum absolute atomic E-state index is 6.25. The van der Waals surface area contributed by atoms with Crippen LogP contribution in [0.5, 0.6) is 0 Å². The number of hydrogen-bond donors (Lipinski definition) is 0. The molecule has 20 heavy (non-hydrogen) atoms. The van der Waals surface area contributed by atoms with Gasteiger partial charge < -0.3 is 9.30 Å². The molecule has 1 aliphatic heterocycles. The zero-order chi connectivity index (χ0) is 14.1. The third kappa shape index (κ3) is 2.68. The van der Waals surface area contributed by atoms with Gasteiger partial charge in [0.05, 0.1) is 18.7 Å². The molecule has 0 saturated carbocycles. The van der Waals surface area contributed by atoms with E-state index >= 15 is 0 Å². The number of hydrogen-bond acceptors (Lipinski definition) is 3. The zero-order valence-electron chi connectivity index (χ0n) is 12.0. The van der Waals surface area contributed by atoms with Crippen molar-refractivity contribution in [3.8, 4) is 0 Å². The minimum atomic E-state index is 0.605. The van der Waals surface area contributed by atoms with Crippen molar-refractivity contribution < 1.29 is 4.74 Å². The minimum Gasteiger partial charge on any atom is -0.379 e. The van der Waals surface area contributed by atoms with Gasteiger partial charge in [0.25, 0.3) is 0 Å². The van der Waals surface area contributed by atoms with Crippen LogP contribution in [0.1, 0.15) is 11.4 Å². The second-order valence-corrected chi connectivity index (χ2v) is 5.74. The molecule has 0 aliphatic carbocycles. The molecular formula is C15H20ClN3O. The summed E-state index contributed by atoms with van der Waals surface area (Å²) in [6.45, 7) is 6.81. The van der Waals surface area contributed by atoms with Gasteiger partial charge in [-0.15, -0.1) is 0 Å². The molecule has 0 radical (unpaired) electrons. The predicted molar refractivity (Wildman–Crippen MR) is 81.4 cm³/mol. The highest BCUT2D eigenvalue weighted by molar-refractivity contribution is 6.34. The zero-order valence-corrected chi connectivity index (χ0v) is 12.8. The molecule has 0 atom stereocenters. The van der Waals surface area contributed by atoms with Gasteiger partial charge in [-0.25, -0.2) is 4.98 Å². The number of rotatable bonds is 3. The Morgan fingerprint density at radius 3 is 2.80 bits per heavy atom. The maximum Gasteiger partial charge on any atom is 0.138 e. The molecule has 0 bridgehead atoms. The van der Waals surface area contributed by atoms with Crippen molar-refractivity contribution >= 4 is 22.5 Å². The molecule has 2 aromatic rings. The number of aromatic nitrogens is 2. The maximum atomic E-state index is 6.25. The fourth-order valence-electron chi connectivity index (χ4n) is 2.80. The monoisotopic (exact) mass is 293 g/mol. The third-order valence-electron chi connectivity index (χ3n) is 4.01. The van der Waals surface area contributed by atoms with Crippen molar-refractivity contribution in [1.82, 2.24) is 14.5 Å². The van der Waals surface area contributed by atoms with E-state index < -0.39 is 0 Å². The first-order chi connectivity index (χ1) is 9.65. The Hall–Kier alpha value is -1.10. The van der Waals surface area contributed by atoms with Gasteiger partial charge >= 0.3 is 0 Å². The van der Waals surface area contributed by atoms with Crippen LogP contribution in [-0.2, 0) is 18.2 Å². The van der Waals surface area contributed by atoms with Crippen molar-refractivity contribution in [3.63, 3.8) is 0 Å². The second kappa shape index (κ2) is 5.72. The summed E-state index contributed by atoms with van der Waals surface area (Å²) in [5, 5.41) is 1.66. The van der Waals surface area contributed by atoms with E-state index in [4.69, 9.17) is 16.3 Å². The second-order valence-electron chi connectivity index (χ2n) is 5.39. The Labute approximate surface area is 124 Å². The summed E-state index contributed by atoms with van der Waals surface area (Å²) in [5.74, 6) is 0. The van der Waals surface area contributed by atoms with E-state index in [-0.39, 0.29) is 0 Å². The Kier molecular flexibility index (Phi) is 3.96. The van der Waals surface area contributed by atoms with Crippen LogP contribution in [0.25, 0.3) is 10.9 Å². The van der Waals surface area contributed by atoms with Gasteiger partial charge in [-0.05, 0) is 19.1 Å². The van der Waals surface area contributed by atoms with E-state index in [1.807, 2.05) is 6.92 Å². The standard InChI is InChI=1S/C15H20ClN3O/c1-11-9-14-13(15(16)17-11)10-12(18(14)2)3-4-19-5-7-20-8-6-19/h9-10H,3-8H2,1-2H3. The predicted octanol–water partition coefficient (Wildman–Crippen LogP) is 2.41. The van der Waals surface area contributed by atoms with Crippen molar-refractivity contribution in [2.24, 2.45) is 7.05 Å². The number of halogens is 1. The molecule has 0 spiro atoms. The van der Waals surface area contributed by atoms with Crippen LogP contribution >= 0.6 is 11.6 Å². The summed E-state index contributed by atoms with van der Waals surface area (Å²) in [5.41, 5.74) is 3.43. The van der Waals surface area contributed by atoms with Crippen LogP contribution < -0.4 is 0 Å². The molecule has 5 heteroatoms.